The van der Waals surface area contributed by atoms with Crippen LogP contribution in [0.1, 0.15) is 174 Å². The number of hydrogen-bond acceptors (Lipinski definition) is 2. The Bertz CT molecular complexity index is 1030. The maximum absolute atomic E-state index is 12.0. The first kappa shape index (κ1) is 33.2. The normalized spacial score (nSPS) is 13.4. The molecule has 0 saturated heterocycles. The number of phenolic OH excluding ortho intramolecular Hbond substituents is 2. The number of unbranched alkanes of at least 4 members (excludes halogenated alkanes) is 1. The highest BCUT2D eigenvalue weighted by atomic mass is 16.3. The second-order valence-electron chi connectivity index (χ2n) is 14.6. The van der Waals surface area contributed by atoms with Gasteiger partial charge in [0.2, 0.25) is 0 Å². The van der Waals surface area contributed by atoms with Crippen LogP contribution in [0.15, 0.2) is 24.3 Å². The second-order valence-corrected chi connectivity index (χ2v) is 14.6. The number of phenols is 2. The molecule has 0 bridgehead atoms. The summed E-state index contributed by atoms with van der Waals surface area (Å²) < 4.78 is 0. The molecule has 0 amide bonds. The van der Waals surface area contributed by atoms with Crippen molar-refractivity contribution in [1.82, 2.24) is 0 Å². The average molecular weight is 537 g/mol. The molecule has 0 heterocycles. The fourth-order valence-corrected chi connectivity index (χ4v) is 5.33. The van der Waals surface area contributed by atoms with Crippen LogP contribution < -0.4 is 0 Å². The van der Waals surface area contributed by atoms with Gasteiger partial charge in [-0.3, -0.25) is 0 Å². The maximum Gasteiger partial charge on any atom is 0.123 e. The minimum absolute atomic E-state index is 0.0141. The Hall–Kier alpha value is -1.96. The predicted molar refractivity (Wildman–Crippen MR) is 171 cm³/mol. The smallest absolute Gasteiger partial charge is 0.123 e. The van der Waals surface area contributed by atoms with Gasteiger partial charge in [-0.15, -0.1) is 0 Å². The van der Waals surface area contributed by atoms with Crippen LogP contribution in [0, 0.1) is 0 Å². The molecule has 2 rings (SSSR count). The van der Waals surface area contributed by atoms with Gasteiger partial charge in [0.1, 0.15) is 11.5 Å². The van der Waals surface area contributed by atoms with Gasteiger partial charge in [-0.25, -0.2) is 0 Å². The zero-order chi connectivity index (χ0) is 30.0. The van der Waals surface area contributed by atoms with Gasteiger partial charge in [-0.2, -0.15) is 0 Å². The van der Waals surface area contributed by atoms with Crippen LogP contribution in [0.3, 0.4) is 0 Å². The Kier molecular flexibility index (Phi) is 10.5. The van der Waals surface area contributed by atoms with Crippen LogP contribution in [-0.4, -0.2) is 10.2 Å². The summed E-state index contributed by atoms with van der Waals surface area (Å²) in [4.78, 5) is 0. The van der Waals surface area contributed by atoms with E-state index in [2.05, 4.69) is 114 Å². The predicted octanol–water partition coefficient (Wildman–Crippen LogP) is 11.2. The van der Waals surface area contributed by atoms with E-state index in [1.165, 1.54) is 11.1 Å². The zero-order valence-electron chi connectivity index (χ0n) is 27.7. The summed E-state index contributed by atoms with van der Waals surface area (Å²) in [6.07, 6.45) is 6.91. The molecule has 2 heteroatoms. The third kappa shape index (κ3) is 6.86. The minimum Gasteiger partial charge on any atom is -0.507 e. The van der Waals surface area contributed by atoms with E-state index < -0.39 is 0 Å². The topological polar surface area (TPSA) is 40.5 Å². The van der Waals surface area contributed by atoms with E-state index in [0.29, 0.717) is 11.5 Å². The SMILES string of the molecule is CCCCC(c1cc(C(C)(C)CC)cc(C(C)(C)CC)c1O)c1cc(C(C)(C)CC)cc(C(C)(C)CC)c1O. The van der Waals surface area contributed by atoms with Crippen LogP contribution in [0.2, 0.25) is 0 Å². The number of aromatic hydroxyl groups is 2. The van der Waals surface area contributed by atoms with Crippen LogP contribution in [0.25, 0.3) is 0 Å². The minimum atomic E-state index is -0.155. The molecule has 0 spiro atoms. The van der Waals surface area contributed by atoms with Crippen molar-refractivity contribution in [2.45, 2.75) is 163 Å². The van der Waals surface area contributed by atoms with Crippen molar-refractivity contribution in [3.63, 3.8) is 0 Å². The van der Waals surface area contributed by atoms with Crippen molar-refractivity contribution in [1.29, 1.82) is 0 Å². The van der Waals surface area contributed by atoms with Crippen molar-refractivity contribution in [2.75, 3.05) is 0 Å². The number of benzene rings is 2. The fourth-order valence-electron chi connectivity index (χ4n) is 5.33. The molecule has 0 saturated carbocycles. The van der Waals surface area contributed by atoms with Crippen molar-refractivity contribution < 1.29 is 10.2 Å². The zero-order valence-corrected chi connectivity index (χ0v) is 27.7. The summed E-state index contributed by atoms with van der Waals surface area (Å²) in [6.45, 7) is 29.3. The van der Waals surface area contributed by atoms with Crippen molar-refractivity contribution in [3.05, 3.63) is 57.6 Å². The van der Waals surface area contributed by atoms with Crippen LogP contribution in [0.4, 0.5) is 0 Å². The lowest BCUT2D eigenvalue weighted by Gasteiger charge is -2.34. The molecule has 2 nitrogen and oxygen atoms in total. The molecule has 0 aliphatic heterocycles. The molecule has 0 radical (unpaired) electrons. The van der Waals surface area contributed by atoms with Crippen LogP contribution >= 0.6 is 0 Å². The lowest BCUT2D eigenvalue weighted by Crippen LogP contribution is -2.23. The van der Waals surface area contributed by atoms with E-state index >= 15 is 0 Å². The van der Waals surface area contributed by atoms with E-state index in [1.807, 2.05) is 0 Å². The first-order chi connectivity index (χ1) is 17.9. The molecule has 2 N–H and O–H groups in total. The highest BCUT2D eigenvalue weighted by molar-refractivity contribution is 5.57. The highest BCUT2D eigenvalue weighted by Crippen LogP contribution is 2.49. The summed E-state index contributed by atoms with van der Waals surface area (Å²) in [6, 6.07) is 9.03. The summed E-state index contributed by atoms with van der Waals surface area (Å²) in [5.74, 6) is 0.742. The molecule has 0 fully saturated rings. The van der Waals surface area contributed by atoms with Crippen molar-refractivity contribution in [3.8, 4) is 11.5 Å². The van der Waals surface area contributed by atoms with Crippen molar-refractivity contribution >= 4 is 0 Å². The molecule has 0 atom stereocenters. The number of hydrogen-bond donors (Lipinski definition) is 2. The molecule has 0 aliphatic rings. The first-order valence-corrected chi connectivity index (χ1v) is 15.7. The molecular formula is C37H60O2. The van der Waals surface area contributed by atoms with Crippen molar-refractivity contribution in [2.24, 2.45) is 0 Å². The fraction of sp³-hybridized carbons (Fsp3) is 0.676. The van der Waals surface area contributed by atoms with Gasteiger partial charge in [0, 0.05) is 28.2 Å². The quantitative estimate of drug-likeness (QED) is 0.267. The Labute approximate surface area is 241 Å². The highest BCUT2D eigenvalue weighted by Gasteiger charge is 2.34. The monoisotopic (exact) mass is 536 g/mol. The third-order valence-electron chi connectivity index (χ3n) is 10.4. The molecule has 0 unspecified atom stereocenters. The first-order valence-electron chi connectivity index (χ1n) is 15.7. The lowest BCUT2D eigenvalue weighted by molar-refractivity contribution is 0.406. The van der Waals surface area contributed by atoms with Gasteiger partial charge >= 0.3 is 0 Å². The Morgan fingerprint density at radius 1 is 0.538 bits per heavy atom. The van der Waals surface area contributed by atoms with Gasteiger partial charge in [-0.05, 0) is 64.9 Å². The number of rotatable bonds is 13. The molecular weight excluding hydrogens is 476 g/mol. The summed E-state index contributed by atoms with van der Waals surface area (Å²) in [7, 11) is 0. The lowest BCUT2D eigenvalue weighted by atomic mass is 9.71. The van der Waals surface area contributed by atoms with Gasteiger partial charge in [-0.1, -0.05) is 127 Å². The molecule has 2 aromatic carbocycles. The Morgan fingerprint density at radius 3 is 1.15 bits per heavy atom. The van der Waals surface area contributed by atoms with E-state index in [1.54, 1.807) is 0 Å². The van der Waals surface area contributed by atoms with E-state index in [0.717, 1.165) is 67.2 Å². The van der Waals surface area contributed by atoms with Crippen LogP contribution in [-0.2, 0) is 21.7 Å². The molecule has 220 valence electrons. The molecule has 0 aliphatic carbocycles. The Morgan fingerprint density at radius 2 is 0.872 bits per heavy atom. The average Bonchev–Trinajstić information content (AvgIpc) is 2.89. The van der Waals surface area contributed by atoms with Gasteiger partial charge in [0.15, 0.2) is 0 Å². The second kappa shape index (κ2) is 12.3. The third-order valence-corrected chi connectivity index (χ3v) is 10.4. The van der Waals surface area contributed by atoms with Gasteiger partial charge < -0.3 is 10.2 Å². The van der Waals surface area contributed by atoms with E-state index in [4.69, 9.17) is 0 Å². The molecule has 2 aromatic rings. The summed E-state index contributed by atoms with van der Waals surface area (Å²) in [5.41, 5.74) is 6.21. The largest absolute Gasteiger partial charge is 0.507 e. The standard InChI is InChI=1S/C37H60O2/c1-14-19-20-27(28-21-25(34(6,7)15-2)23-30(32(28)38)36(10,11)17-4)29-22-26(35(8,9)16-3)24-31(33(29)39)37(12,13)18-5/h21-24,27,38-39H,14-20H2,1-13H3. The Balaban J connectivity index is 3.08. The van der Waals surface area contributed by atoms with Gasteiger partial charge in [0.05, 0.1) is 0 Å². The maximum atomic E-state index is 12.0. The molecule has 0 aromatic heterocycles. The van der Waals surface area contributed by atoms with Gasteiger partial charge in [0.25, 0.3) is 0 Å². The van der Waals surface area contributed by atoms with E-state index in [-0.39, 0.29) is 27.6 Å². The van der Waals surface area contributed by atoms with Crippen LogP contribution in [0.5, 0.6) is 11.5 Å². The van der Waals surface area contributed by atoms with E-state index in [9.17, 15) is 10.2 Å². The molecule has 39 heavy (non-hydrogen) atoms. The summed E-state index contributed by atoms with van der Waals surface area (Å²) >= 11 is 0. The summed E-state index contributed by atoms with van der Waals surface area (Å²) in [5, 5.41) is 24.0.